The van der Waals surface area contributed by atoms with Crippen LogP contribution >= 0.6 is 0 Å². The smallest absolute Gasteiger partial charge is 0.406 e. The van der Waals surface area contributed by atoms with Crippen LogP contribution in [0.25, 0.3) is 11.5 Å². The van der Waals surface area contributed by atoms with E-state index in [1.807, 2.05) is 0 Å². The van der Waals surface area contributed by atoms with Crippen LogP contribution in [0.4, 0.5) is 13.2 Å². The van der Waals surface area contributed by atoms with Gasteiger partial charge in [0.25, 0.3) is 5.89 Å². The van der Waals surface area contributed by atoms with Gasteiger partial charge < -0.3 is 19.3 Å². The molecule has 0 saturated carbocycles. The van der Waals surface area contributed by atoms with Crippen molar-refractivity contribution in [3.63, 3.8) is 0 Å². The molecule has 1 unspecified atom stereocenters. The number of benzene rings is 1. The summed E-state index contributed by atoms with van der Waals surface area (Å²) in [7, 11) is 0. The van der Waals surface area contributed by atoms with Crippen LogP contribution in [0.1, 0.15) is 31.0 Å². The predicted molar refractivity (Wildman–Crippen MR) is 84.6 cm³/mol. The number of nitrogens with zero attached hydrogens (tertiary/aromatic N) is 2. The summed E-state index contributed by atoms with van der Waals surface area (Å²) < 4.78 is 51.8. The van der Waals surface area contributed by atoms with Crippen molar-refractivity contribution >= 4 is 0 Å². The second kappa shape index (κ2) is 6.55. The minimum absolute atomic E-state index is 0.0680. The third-order valence-electron chi connectivity index (χ3n) is 4.87. The summed E-state index contributed by atoms with van der Waals surface area (Å²) in [4.78, 5) is 4.41. The van der Waals surface area contributed by atoms with Gasteiger partial charge in [-0.25, -0.2) is 0 Å². The highest BCUT2D eigenvalue weighted by atomic mass is 19.4. The van der Waals surface area contributed by atoms with Crippen LogP contribution in [0.15, 0.2) is 28.8 Å². The minimum Gasteiger partial charge on any atom is -0.406 e. The Hall–Kier alpha value is -2.13. The van der Waals surface area contributed by atoms with Crippen LogP contribution in [-0.2, 0) is 4.74 Å². The first kappa shape index (κ1) is 17.3. The summed E-state index contributed by atoms with van der Waals surface area (Å²) in [5.41, 5.74) is 0.432. The van der Waals surface area contributed by atoms with Crippen LogP contribution in [0, 0.1) is 0 Å². The molecule has 0 aliphatic carbocycles. The SMILES string of the molecule is FC(F)(F)Oc1ccc(-c2nc(C3COC4(CCNCC4)C3)no2)cc1. The van der Waals surface area contributed by atoms with E-state index in [0.717, 1.165) is 32.4 Å². The van der Waals surface area contributed by atoms with Crippen LogP contribution in [-0.4, -0.2) is 41.8 Å². The molecule has 1 atom stereocenters. The van der Waals surface area contributed by atoms with E-state index in [0.29, 0.717) is 18.0 Å². The van der Waals surface area contributed by atoms with Gasteiger partial charge in [0, 0.05) is 11.5 Å². The Labute approximate surface area is 147 Å². The molecule has 1 aromatic carbocycles. The molecule has 2 aliphatic rings. The molecule has 0 radical (unpaired) electrons. The van der Waals surface area contributed by atoms with Gasteiger partial charge in [-0.3, -0.25) is 0 Å². The zero-order valence-electron chi connectivity index (χ0n) is 13.9. The molecule has 4 rings (SSSR count). The van der Waals surface area contributed by atoms with Gasteiger partial charge in [0.1, 0.15) is 5.75 Å². The lowest BCUT2D eigenvalue weighted by atomic mass is 9.86. The average molecular weight is 369 g/mol. The molecule has 6 nitrogen and oxygen atoms in total. The van der Waals surface area contributed by atoms with Gasteiger partial charge in [0.15, 0.2) is 5.82 Å². The van der Waals surface area contributed by atoms with E-state index < -0.39 is 6.36 Å². The third-order valence-corrected chi connectivity index (χ3v) is 4.87. The number of halogens is 3. The monoisotopic (exact) mass is 369 g/mol. The molecule has 1 spiro atoms. The molecular weight excluding hydrogens is 351 g/mol. The molecule has 0 bridgehead atoms. The number of hydrogen-bond donors (Lipinski definition) is 1. The van der Waals surface area contributed by atoms with Crippen molar-refractivity contribution in [2.45, 2.75) is 37.1 Å². The van der Waals surface area contributed by atoms with Crippen LogP contribution in [0.5, 0.6) is 5.75 Å². The minimum atomic E-state index is -4.72. The standard InChI is InChI=1S/C17H18F3N3O3/c18-17(19,20)25-13-3-1-11(2-4-13)15-22-14(23-26-15)12-9-16(24-10-12)5-7-21-8-6-16/h1-4,12,21H,5-10H2. The van der Waals surface area contributed by atoms with Crippen molar-refractivity contribution in [1.82, 2.24) is 15.5 Å². The van der Waals surface area contributed by atoms with E-state index in [1.54, 1.807) is 0 Å². The quantitative estimate of drug-likeness (QED) is 0.896. The van der Waals surface area contributed by atoms with Crippen molar-refractivity contribution in [3.05, 3.63) is 30.1 Å². The lowest BCUT2D eigenvalue weighted by Crippen LogP contribution is -2.41. The highest BCUT2D eigenvalue weighted by molar-refractivity contribution is 5.54. The zero-order chi connectivity index (χ0) is 18.2. The van der Waals surface area contributed by atoms with Gasteiger partial charge in [-0.1, -0.05) is 5.16 Å². The van der Waals surface area contributed by atoms with Crippen molar-refractivity contribution < 1.29 is 27.2 Å². The Morgan fingerprint density at radius 1 is 1.15 bits per heavy atom. The lowest BCUT2D eigenvalue weighted by molar-refractivity contribution is -0.274. The molecule has 2 fully saturated rings. The maximum absolute atomic E-state index is 12.2. The molecule has 2 aliphatic heterocycles. The van der Waals surface area contributed by atoms with Crippen molar-refractivity contribution in [2.24, 2.45) is 0 Å². The van der Waals surface area contributed by atoms with E-state index in [2.05, 4.69) is 20.2 Å². The summed E-state index contributed by atoms with van der Waals surface area (Å²) in [6.07, 6.45) is -1.93. The first-order chi connectivity index (χ1) is 12.4. The number of piperidine rings is 1. The maximum atomic E-state index is 12.2. The summed E-state index contributed by atoms with van der Waals surface area (Å²) in [6.45, 7) is 2.43. The molecule has 1 N–H and O–H groups in total. The van der Waals surface area contributed by atoms with E-state index >= 15 is 0 Å². The maximum Gasteiger partial charge on any atom is 0.573 e. The van der Waals surface area contributed by atoms with Crippen molar-refractivity contribution in [3.8, 4) is 17.2 Å². The molecule has 1 aromatic heterocycles. The highest BCUT2D eigenvalue weighted by Crippen LogP contribution is 2.41. The second-order valence-corrected chi connectivity index (χ2v) is 6.67. The first-order valence-corrected chi connectivity index (χ1v) is 8.47. The summed E-state index contributed by atoms with van der Waals surface area (Å²) in [5, 5.41) is 7.37. The molecule has 26 heavy (non-hydrogen) atoms. The summed E-state index contributed by atoms with van der Waals surface area (Å²) >= 11 is 0. The van der Waals surface area contributed by atoms with Gasteiger partial charge >= 0.3 is 6.36 Å². The number of alkyl halides is 3. The van der Waals surface area contributed by atoms with Crippen LogP contribution < -0.4 is 10.1 Å². The highest BCUT2D eigenvalue weighted by Gasteiger charge is 2.43. The fraction of sp³-hybridized carbons (Fsp3) is 0.529. The Kier molecular flexibility index (Phi) is 4.36. The number of rotatable bonds is 3. The molecule has 2 aromatic rings. The normalized spacial score (nSPS) is 22.7. The molecule has 140 valence electrons. The van der Waals surface area contributed by atoms with E-state index in [-0.39, 0.29) is 23.2 Å². The Balaban J connectivity index is 1.45. The number of nitrogens with one attached hydrogen (secondary N) is 1. The summed E-state index contributed by atoms with van der Waals surface area (Å²) in [6, 6.07) is 5.35. The summed E-state index contributed by atoms with van der Waals surface area (Å²) in [5.74, 6) is 0.618. The fourth-order valence-corrected chi connectivity index (χ4v) is 3.56. The number of hydrogen-bond acceptors (Lipinski definition) is 6. The lowest BCUT2D eigenvalue weighted by Gasteiger charge is -2.32. The fourth-order valence-electron chi connectivity index (χ4n) is 3.56. The van der Waals surface area contributed by atoms with E-state index in [9.17, 15) is 13.2 Å². The van der Waals surface area contributed by atoms with Gasteiger partial charge in [-0.05, 0) is 56.6 Å². The topological polar surface area (TPSA) is 69.4 Å². The molecule has 3 heterocycles. The molecule has 0 amide bonds. The Morgan fingerprint density at radius 3 is 2.58 bits per heavy atom. The zero-order valence-corrected chi connectivity index (χ0v) is 13.9. The first-order valence-electron chi connectivity index (χ1n) is 8.47. The predicted octanol–water partition coefficient (Wildman–Crippen LogP) is 3.26. The number of ether oxygens (including phenoxy) is 2. The van der Waals surface area contributed by atoms with Gasteiger partial charge in [0.05, 0.1) is 12.2 Å². The van der Waals surface area contributed by atoms with E-state index in [1.165, 1.54) is 24.3 Å². The van der Waals surface area contributed by atoms with Crippen LogP contribution in [0.3, 0.4) is 0 Å². The molecule has 9 heteroatoms. The van der Waals surface area contributed by atoms with Gasteiger partial charge in [-0.15, -0.1) is 13.2 Å². The largest absolute Gasteiger partial charge is 0.573 e. The van der Waals surface area contributed by atoms with Crippen molar-refractivity contribution in [2.75, 3.05) is 19.7 Å². The van der Waals surface area contributed by atoms with Crippen molar-refractivity contribution in [1.29, 1.82) is 0 Å². The van der Waals surface area contributed by atoms with Gasteiger partial charge in [-0.2, -0.15) is 4.98 Å². The van der Waals surface area contributed by atoms with E-state index in [4.69, 9.17) is 9.26 Å². The second-order valence-electron chi connectivity index (χ2n) is 6.67. The van der Waals surface area contributed by atoms with Gasteiger partial charge in [0.2, 0.25) is 0 Å². The average Bonchev–Trinajstić information content (AvgIpc) is 3.23. The molecule has 2 saturated heterocycles. The molecular formula is C17H18F3N3O3. The third kappa shape index (κ3) is 3.68. The Bertz CT molecular complexity index is 755. The number of aromatic nitrogens is 2. The van der Waals surface area contributed by atoms with Crippen LogP contribution in [0.2, 0.25) is 0 Å². The Morgan fingerprint density at radius 2 is 1.88 bits per heavy atom.